The minimum absolute atomic E-state index is 0.00222. The van der Waals surface area contributed by atoms with Crippen LogP contribution in [0.5, 0.6) is 0 Å². The average molecular weight is 307 g/mol. The van der Waals surface area contributed by atoms with Crippen molar-refractivity contribution in [3.05, 3.63) is 29.8 Å². The smallest absolute Gasteiger partial charge is 0.244 e. The molecule has 4 nitrogen and oxygen atoms in total. The largest absolute Gasteiger partial charge is 0.384 e. The van der Waals surface area contributed by atoms with Gasteiger partial charge in [-0.3, -0.25) is 0 Å². The van der Waals surface area contributed by atoms with Gasteiger partial charge >= 0.3 is 0 Å². The summed E-state index contributed by atoms with van der Waals surface area (Å²) < 4.78 is 27.6. The molecule has 2 rings (SSSR count). The zero-order valence-electron chi connectivity index (χ0n) is 12.4. The Morgan fingerprint density at radius 1 is 1.24 bits per heavy atom. The predicted molar refractivity (Wildman–Crippen MR) is 82.2 cm³/mol. The molecular formula is C16H21NO3S. The van der Waals surface area contributed by atoms with E-state index in [1.807, 2.05) is 13.8 Å². The molecule has 1 saturated heterocycles. The Bertz CT molecular complexity index is 648. The maximum absolute atomic E-state index is 13.0. The van der Waals surface area contributed by atoms with Gasteiger partial charge in [-0.15, -0.1) is 0 Å². The van der Waals surface area contributed by atoms with E-state index in [4.69, 9.17) is 5.11 Å². The molecule has 0 spiro atoms. The maximum Gasteiger partial charge on any atom is 0.244 e. The van der Waals surface area contributed by atoms with Crippen molar-refractivity contribution < 1.29 is 13.5 Å². The first-order chi connectivity index (χ1) is 9.98. The fraction of sp³-hybridized carbons (Fsp3) is 0.500. The Labute approximate surface area is 126 Å². The molecule has 0 amide bonds. The third-order valence-electron chi connectivity index (χ3n) is 3.86. The number of sulfonamides is 1. The van der Waals surface area contributed by atoms with Crippen LogP contribution in [0.15, 0.2) is 29.2 Å². The zero-order valence-corrected chi connectivity index (χ0v) is 13.2. The lowest BCUT2D eigenvalue weighted by molar-refractivity contribution is 0.204. The first-order valence-electron chi connectivity index (χ1n) is 7.20. The van der Waals surface area contributed by atoms with Gasteiger partial charge in [0.1, 0.15) is 6.61 Å². The molecule has 0 aromatic heterocycles. The number of piperidine rings is 1. The highest BCUT2D eigenvalue weighted by molar-refractivity contribution is 7.89. The number of rotatable bonds is 2. The van der Waals surface area contributed by atoms with E-state index in [9.17, 15) is 8.42 Å². The lowest BCUT2D eigenvalue weighted by Crippen LogP contribution is -2.47. The Kier molecular flexibility index (Phi) is 5.04. The van der Waals surface area contributed by atoms with E-state index in [1.54, 1.807) is 28.6 Å². The topological polar surface area (TPSA) is 57.6 Å². The van der Waals surface area contributed by atoms with E-state index in [1.165, 1.54) is 0 Å². The van der Waals surface area contributed by atoms with Crippen LogP contribution in [-0.4, -0.2) is 36.5 Å². The first-order valence-corrected chi connectivity index (χ1v) is 8.64. The Hall–Kier alpha value is -1.35. The highest BCUT2D eigenvalue weighted by Gasteiger charge is 2.36. The molecule has 5 heteroatoms. The minimum atomic E-state index is -3.57. The number of nitrogens with zero attached hydrogens (tertiary/aromatic N) is 1. The van der Waals surface area contributed by atoms with E-state index in [2.05, 4.69) is 11.8 Å². The number of aliphatic hydroxyl groups is 1. The summed E-state index contributed by atoms with van der Waals surface area (Å²) in [6, 6.07) is 6.72. The van der Waals surface area contributed by atoms with Crippen molar-refractivity contribution in [1.29, 1.82) is 0 Å². The fourth-order valence-corrected chi connectivity index (χ4v) is 4.95. The summed E-state index contributed by atoms with van der Waals surface area (Å²) in [7, 11) is -3.57. The quantitative estimate of drug-likeness (QED) is 0.850. The van der Waals surface area contributed by atoms with Gasteiger partial charge in [0.25, 0.3) is 0 Å². The van der Waals surface area contributed by atoms with Gasteiger partial charge in [-0.2, -0.15) is 4.31 Å². The summed E-state index contributed by atoms with van der Waals surface area (Å²) >= 11 is 0. The summed E-state index contributed by atoms with van der Waals surface area (Å²) in [4.78, 5) is 0.228. The molecule has 1 N–H and O–H groups in total. The van der Waals surface area contributed by atoms with Gasteiger partial charge in [-0.05, 0) is 38.8 Å². The second-order valence-corrected chi connectivity index (χ2v) is 7.23. The zero-order chi connectivity index (χ0) is 15.5. The van der Waals surface area contributed by atoms with Crippen LogP contribution in [0.3, 0.4) is 0 Å². The summed E-state index contributed by atoms with van der Waals surface area (Å²) in [5, 5.41) is 8.82. The number of hydrogen-bond acceptors (Lipinski definition) is 3. The molecule has 1 aliphatic rings. The van der Waals surface area contributed by atoms with E-state index < -0.39 is 10.0 Å². The molecule has 1 fully saturated rings. The standard InChI is InChI=1S/C16H21NO3S/c1-13-7-5-8-14(2)17(13)21(19,20)16-11-4-3-9-15(16)10-6-12-18/h3-4,9,11,13-14,18H,5,7-8,12H2,1-2H3/t13-,14+. The van der Waals surface area contributed by atoms with Crippen molar-refractivity contribution in [2.75, 3.05) is 6.61 Å². The van der Waals surface area contributed by atoms with Crippen LogP contribution in [-0.2, 0) is 10.0 Å². The molecule has 21 heavy (non-hydrogen) atoms. The minimum Gasteiger partial charge on any atom is -0.384 e. The van der Waals surface area contributed by atoms with E-state index in [0.29, 0.717) is 5.56 Å². The van der Waals surface area contributed by atoms with Gasteiger partial charge in [0.2, 0.25) is 10.0 Å². The summed E-state index contributed by atoms with van der Waals surface area (Å²) in [5.41, 5.74) is 0.441. The number of benzene rings is 1. The molecule has 0 saturated carbocycles. The molecule has 0 aliphatic carbocycles. The van der Waals surface area contributed by atoms with Crippen molar-refractivity contribution in [3.8, 4) is 11.8 Å². The summed E-state index contributed by atoms with van der Waals surface area (Å²) in [6.45, 7) is 3.62. The van der Waals surface area contributed by atoms with E-state index in [-0.39, 0.29) is 23.6 Å². The molecule has 2 atom stereocenters. The Morgan fingerprint density at radius 2 is 1.86 bits per heavy atom. The molecule has 0 radical (unpaired) electrons. The van der Waals surface area contributed by atoms with E-state index >= 15 is 0 Å². The second-order valence-electron chi connectivity index (χ2n) is 5.42. The van der Waals surface area contributed by atoms with Crippen LogP contribution >= 0.6 is 0 Å². The second kappa shape index (κ2) is 6.61. The highest BCUT2D eigenvalue weighted by Crippen LogP contribution is 2.30. The maximum atomic E-state index is 13.0. The van der Waals surface area contributed by atoms with Gasteiger partial charge in [0, 0.05) is 17.6 Å². The van der Waals surface area contributed by atoms with Crippen LogP contribution in [0.1, 0.15) is 38.7 Å². The molecule has 1 aromatic rings. The van der Waals surface area contributed by atoms with Gasteiger partial charge in [0.15, 0.2) is 0 Å². The lowest BCUT2D eigenvalue weighted by Gasteiger charge is -2.37. The molecule has 114 valence electrons. The molecule has 1 heterocycles. The Morgan fingerprint density at radius 3 is 2.48 bits per heavy atom. The van der Waals surface area contributed by atoms with Crippen molar-refractivity contribution in [2.45, 2.75) is 50.1 Å². The van der Waals surface area contributed by atoms with E-state index in [0.717, 1.165) is 19.3 Å². The normalized spacial score (nSPS) is 23.4. The highest BCUT2D eigenvalue weighted by atomic mass is 32.2. The predicted octanol–water partition coefficient (Wildman–Crippen LogP) is 1.98. The lowest BCUT2D eigenvalue weighted by atomic mass is 10.0. The van der Waals surface area contributed by atoms with Gasteiger partial charge in [0.05, 0.1) is 4.90 Å². The monoisotopic (exact) mass is 307 g/mol. The van der Waals surface area contributed by atoms with Crippen molar-refractivity contribution in [1.82, 2.24) is 4.31 Å². The van der Waals surface area contributed by atoms with Crippen LogP contribution < -0.4 is 0 Å². The van der Waals surface area contributed by atoms with Crippen molar-refractivity contribution in [2.24, 2.45) is 0 Å². The molecule has 0 bridgehead atoms. The SMILES string of the molecule is C[C@@H]1CCC[C@H](C)N1S(=O)(=O)c1ccccc1C#CCO. The summed E-state index contributed by atoms with van der Waals surface area (Å²) in [6.07, 6.45) is 2.82. The van der Waals surface area contributed by atoms with Crippen LogP contribution in [0.4, 0.5) is 0 Å². The molecular weight excluding hydrogens is 286 g/mol. The first kappa shape index (κ1) is 16.0. The number of hydrogen-bond donors (Lipinski definition) is 1. The van der Waals surface area contributed by atoms with Crippen molar-refractivity contribution in [3.63, 3.8) is 0 Å². The third-order valence-corrected chi connectivity index (χ3v) is 6.04. The molecule has 1 aliphatic heterocycles. The van der Waals surface area contributed by atoms with Gasteiger partial charge in [-0.1, -0.05) is 30.4 Å². The molecule has 0 unspecified atom stereocenters. The number of aliphatic hydroxyl groups excluding tert-OH is 1. The van der Waals surface area contributed by atoms with Crippen LogP contribution in [0.2, 0.25) is 0 Å². The fourth-order valence-electron chi connectivity index (χ4n) is 2.91. The van der Waals surface area contributed by atoms with Crippen LogP contribution in [0, 0.1) is 11.8 Å². The van der Waals surface area contributed by atoms with Gasteiger partial charge < -0.3 is 5.11 Å². The third kappa shape index (κ3) is 3.29. The van der Waals surface area contributed by atoms with Gasteiger partial charge in [-0.25, -0.2) is 8.42 Å². The average Bonchev–Trinajstić information content (AvgIpc) is 2.45. The van der Waals surface area contributed by atoms with Crippen molar-refractivity contribution >= 4 is 10.0 Å². The summed E-state index contributed by atoms with van der Waals surface area (Å²) in [5.74, 6) is 5.26. The van der Waals surface area contributed by atoms with Crippen LogP contribution in [0.25, 0.3) is 0 Å². The Balaban J connectivity index is 2.49. The molecule has 1 aromatic carbocycles.